The predicted octanol–water partition coefficient (Wildman–Crippen LogP) is 1.91. The molecule has 0 unspecified atom stereocenters. The molecule has 0 radical (unpaired) electrons. The average molecular weight is 118 g/mol. The van der Waals surface area contributed by atoms with Crippen molar-refractivity contribution in [2.24, 2.45) is 0 Å². The van der Waals surface area contributed by atoms with Crippen LogP contribution in [0.2, 0.25) is 0 Å². The molecular formula is C4H6S2. The Morgan fingerprint density at radius 1 is 1.00 bits per heavy atom. The van der Waals surface area contributed by atoms with Gasteiger partial charge in [0.1, 0.15) is 0 Å². The van der Waals surface area contributed by atoms with Crippen LogP contribution in [0, 0.1) is 0 Å². The fourth-order valence-corrected chi connectivity index (χ4v) is 4.52. The Labute approximate surface area is 45.5 Å². The third kappa shape index (κ3) is 0.343. The van der Waals surface area contributed by atoms with Crippen LogP contribution in [0.5, 0.6) is 0 Å². The Morgan fingerprint density at radius 2 is 1.50 bits per heavy atom. The molecule has 0 aromatic carbocycles. The van der Waals surface area contributed by atoms with Crippen LogP contribution < -0.4 is 0 Å². The van der Waals surface area contributed by atoms with E-state index in [1.54, 1.807) is 0 Å². The summed E-state index contributed by atoms with van der Waals surface area (Å²) < 4.78 is 0. The molecule has 2 heterocycles. The first kappa shape index (κ1) is 3.67. The van der Waals surface area contributed by atoms with Gasteiger partial charge in [-0.05, 0) is 12.8 Å². The van der Waals surface area contributed by atoms with E-state index in [1.165, 1.54) is 12.8 Å². The summed E-state index contributed by atoms with van der Waals surface area (Å²) in [6.45, 7) is 0. The summed E-state index contributed by atoms with van der Waals surface area (Å²) in [6, 6.07) is 0. The second kappa shape index (κ2) is 1.10. The van der Waals surface area contributed by atoms with Crippen LogP contribution in [-0.2, 0) is 0 Å². The molecule has 2 aliphatic heterocycles. The zero-order chi connectivity index (χ0) is 3.98. The first-order valence-corrected chi connectivity index (χ1v) is 4.55. The van der Waals surface area contributed by atoms with E-state index >= 15 is 0 Å². The van der Waals surface area contributed by atoms with Gasteiger partial charge in [0.2, 0.25) is 0 Å². The highest BCUT2D eigenvalue weighted by Gasteiger charge is 2.37. The Morgan fingerprint density at radius 3 is 1.67 bits per heavy atom. The van der Waals surface area contributed by atoms with Gasteiger partial charge in [-0.25, -0.2) is 0 Å². The Hall–Kier alpha value is 0.700. The molecule has 34 valence electrons. The number of fused-ring (bicyclic) bond motifs is 1. The number of hydrogen-bond donors (Lipinski definition) is 0. The molecule has 0 aromatic heterocycles. The maximum Gasteiger partial charge on any atom is 0.0173 e. The second-order valence-corrected chi connectivity index (χ2v) is 4.78. The van der Waals surface area contributed by atoms with Crippen molar-refractivity contribution in [3.8, 4) is 0 Å². The third-order valence-electron chi connectivity index (χ3n) is 1.38. The van der Waals surface area contributed by atoms with Gasteiger partial charge in [0, 0.05) is 10.5 Å². The molecule has 3 aliphatic rings. The van der Waals surface area contributed by atoms with Gasteiger partial charge in [0.25, 0.3) is 0 Å². The van der Waals surface area contributed by atoms with Gasteiger partial charge in [0.05, 0.1) is 0 Å². The van der Waals surface area contributed by atoms with Crippen molar-refractivity contribution in [2.45, 2.75) is 23.3 Å². The summed E-state index contributed by atoms with van der Waals surface area (Å²) in [5.41, 5.74) is 0. The average Bonchev–Trinajstić information content (AvgIpc) is 1.72. The van der Waals surface area contributed by atoms with Crippen molar-refractivity contribution in [3.63, 3.8) is 0 Å². The van der Waals surface area contributed by atoms with E-state index < -0.39 is 0 Å². The molecule has 1 saturated carbocycles. The van der Waals surface area contributed by atoms with Crippen LogP contribution in [0.3, 0.4) is 0 Å². The molecule has 6 heavy (non-hydrogen) atoms. The van der Waals surface area contributed by atoms with Crippen molar-refractivity contribution in [1.82, 2.24) is 0 Å². The lowest BCUT2D eigenvalue weighted by Gasteiger charge is -2.17. The molecule has 1 aliphatic carbocycles. The summed E-state index contributed by atoms with van der Waals surface area (Å²) in [5, 5.41) is 2.14. The molecule has 0 spiro atoms. The van der Waals surface area contributed by atoms with E-state index in [9.17, 15) is 0 Å². The minimum atomic E-state index is 1.07. The van der Waals surface area contributed by atoms with E-state index in [2.05, 4.69) is 21.6 Å². The van der Waals surface area contributed by atoms with Gasteiger partial charge >= 0.3 is 0 Å². The Kier molecular flexibility index (Phi) is 0.673. The van der Waals surface area contributed by atoms with Crippen LogP contribution in [0.15, 0.2) is 0 Å². The summed E-state index contributed by atoms with van der Waals surface area (Å²) in [6.07, 6.45) is 3.02. The maximum atomic E-state index is 2.09. The molecule has 3 rings (SSSR count). The smallest absolute Gasteiger partial charge is 0.0173 e. The highest BCUT2D eigenvalue weighted by molar-refractivity contribution is 8.78. The Bertz CT molecular complexity index is 52.4. The largest absolute Gasteiger partial charge is 0.0904 e. The summed E-state index contributed by atoms with van der Waals surface area (Å²) in [7, 11) is 4.18. The van der Waals surface area contributed by atoms with Crippen LogP contribution in [0.25, 0.3) is 0 Å². The number of hydrogen-bond acceptors (Lipinski definition) is 2. The molecule has 2 saturated heterocycles. The van der Waals surface area contributed by atoms with Gasteiger partial charge in [-0.1, -0.05) is 21.6 Å². The molecule has 2 heteroatoms. The minimum absolute atomic E-state index is 1.07. The third-order valence-corrected chi connectivity index (χ3v) is 4.77. The summed E-state index contributed by atoms with van der Waals surface area (Å²) in [4.78, 5) is 0. The normalized spacial score (nSPS) is 52.0. The van der Waals surface area contributed by atoms with Gasteiger partial charge in [-0.2, -0.15) is 0 Å². The molecule has 0 nitrogen and oxygen atoms in total. The summed E-state index contributed by atoms with van der Waals surface area (Å²) >= 11 is 0. The van der Waals surface area contributed by atoms with Gasteiger partial charge in [-0.3, -0.25) is 0 Å². The van der Waals surface area contributed by atoms with E-state index in [1.807, 2.05) is 0 Å². The highest BCUT2D eigenvalue weighted by atomic mass is 33.1. The summed E-state index contributed by atoms with van der Waals surface area (Å²) in [5.74, 6) is 0. The van der Waals surface area contributed by atoms with Crippen molar-refractivity contribution in [1.29, 1.82) is 0 Å². The van der Waals surface area contributed by atoms with E-state index in [0.717, 1.165) is 10.5 Å². The SMILES string of the molecule is C1C2CC1SS2. The van der Waals surface area contributed by atoms with Crippen LogP contribution >= 0.6 is 21.6 Å². The molecule has 0 atom stereocenters. The first-order chi connectivity index (χ1) is 2.95. The molecule has 2 bridgehead atoms. The van der Waals surface area contributed by atoms with Crippen LogP contribution in [-0.4, -0.2) is 10.5 Å². The monoisotopic (exact) mass is 118 g/mol. The maximum absolute atomic E-state index is 2.09. The highest BCUT2D eigenvalue weighted by Crippen LogP contribution is 2.56. The fourth-order valence-electron chi connectivity index (χ4n) is 0.832. The topological polar surface area (TPSA) is 0 Å². The second-order valence-electron chi connectivity index (χ2n) is 1.91. The van der Waals surface area contributed by atoms with Crippen molar-refractivity contribution in [2.75, 3.05) is 0 Å². The van der Waals surface area contributed by atoms with E-state index in [-0.39, 0.29) is 0 Å². The van der Waals surface area contributed by atoms with E-state index in [0.29, 0.717) is 0 Å². The van der Waals surface area contributed by atoms with Crippen molar-refractivity contribution < 1.29 is 0 Å². The van der Waals surface area contributed by atoms with Gasteiger partial charge in [-0.15, -0.1) is 0 Å². The molecule has 3 fully saturated rings. The zero-order valence-electron chi connectivity index (χ0n) is 3.39. The molecule has 0 aromatic rings. The predicted molar refractivity (Wildman–Crippen MR) is 32.0 cm³/mol. The lowest BCUT2D eigenvalue weighted by Crippen LogP contribution is -2.18. The minimum Gasteiger partial charge on any atom is -0.0904 e. The lowest BCUT2D eigenvalue weighted by atomic mass is 9.99. The molecule has 0 N–H and O–H groups in total. The molecular weight excluding hydrogens is 112 g/mol. The quantitative estimate of drug-likeness (QED) is 0.446. The van der Waals surface area contributed by atoms with Crippen molar-refractivity contribution >= 4 is 21.6 Å². The first-order valence-electron chi connectivity index (χ1n) is 2.27. The number of rotatable bonds is 0. The van der Waals surface area contributed by atoms with Gasteiger partial charge in [0.15, 0.2) is 0 Å². The van der Waals surface area contributed by atoms with Gasteiger partial charge < -0.3 is 0 Å². The van der Waals surface area contributed by atoms with Crippen molar-refractivity contribution in [3.05, 3.63) is 0 Å². The standard InChI is InChI=1S/C4H6S2/c1-3-2-4(1)6-5-3/h3-4H,1-2H2. The molecule has 0 amide bonds. The van der Waals surface area contributed by atoms with E-state index in [4.69, 9.17) is 0 Å². The Balaban J connectivity index is 2.16. The van der Waals surface area contributed by atoms with Crippen LogP contribution in [0.1, 0.15) is 12.8 Å². The van der Waals surface area contributed by atoms with Crippen LogP contribution in [0.4, 0.5) is 0 Å². The zero-order valence-corrected chi connectivity index (χ0v) is 5.02. The fraction of sp³-hybridized carbons (Fsp3) is 1.00. The lowest BCUT2D eigenvalue weighted by molar-refractivity contribution is 0.555.